The number of carbonyl (C=O) groups is 2. The van der Waals surface area contributed by atoms with Gasteiger partial charge in [-0.05, 0) is 25.3 Å². The molecular weight excluding hydrogens is 320 g/mol. The molecule has 0 radical (unpaired) electrons. The molecule has 1 saturated heterocycles. The molecule has 1 aliphatic rings. The average Bonchev–Trinajstić information content (AvgIpc) is 3.16. The van der Waals surface area contributed by atoms with Crippen molar-refractivity contribution in [3.8, 4) is 11.3 Å². The van der Waals surface area contributed by atoms with Crippen LogP contribution in [0.3, 0.4) is 0 Å². The van der Waals surface area contributed by atoms with Crippen molar-refractivity contribution in [2.75, 3.05) is 13.7 Å². The lowest BCUT2D eigenvalue weighted by Crippen LogP contribution is -2.48. The van der Waals surface area contributed by atoms with Gasteiger partial charge in [0.1, 0.15) is 0 Å². The SMILES string of the molecule is COC(=O)[C@@H]1CC[C@H](C)N(C(=O)Cc2ccc(-c3cnco3)cc2)C1. The predicted octanol–water partition coefficient (Wildman–Crippen LogP) is 2.68. The first-order chi connectivity index (χ1) is 12.1. The van der Waals surface area contributed by atoms with Crippen LogP contribution in [0.2, 0.25) is 0 Å². The summed E-state index contributed by atoms with van der Waals surface area (Å²) < 4.78 is 10.1. The minimum atomic E-state index is -0.235. The van der Waals surface area contributed by atoms with Crippen molar-refractivity contribution >= 4 is 11.9 Å². The zero-order valence-electron chi connectivity index (χ0n) is 14.5. The van der Waals surface area contributed by atoms with Crippen LogP contribution < -0.4 is 0 Å². The molecule has 1 aliphatic heterocycles. The van der Waals surface area contributed by atoms with Crippen molar-refractivity contribution in [1.82, 2.24) is 9.88 Å². The molecule has 1 aromatic heterocycles. The summed E-state index contributed by atoms with van der Waals surface area (Å²) in [6, 6.07) is 7.81. The first-order valence-corrected chi connectivity index (χ1v) is 8.43. The number of hydrogen-bond donors (Lipinski definition) is 0. The number of aromatic nitrogens is 1. The van der Waals surface area contributed by atoms with E-state index in [0.29, 0.717) is 18.7 Å². The highest BCUT2D eigenvalue weighted by Gasteiger charge is 2.32. The molecule has 6 nitrogen and oxygen atoms in total. The van der Waals surface area contributed by atoms with Crippen molar-refractivity contribution in [1.29, 1.82) is 0 Å². The van der Waals surface area contributed by atoms with E-state index in [1.54, 1.807) is 11.1 Å². The Labute approximate surface area is 146 Å². The van der Waals surface area contributed by atoms with Crippen molar-refractivity contribution < 1.29 is 18.7 Å². The molecule has 0 aliphatic carbocycles. The fourth-order valence-electron chi connectivity index (χ4n) is 3.23. The van der Waals surface area contributed by atoms with Crippen LogP contribution in [-0.4, -0.2) is 41.5 Å². The number of benzene rings is 1. The van der Waals surface area contributed by atoms with Crippen molar-refractivity contribution in [3.63, 3.8) is 0 Å². The van der Waals surface area contributed by atoms with Gasteiger partial charge in [-0.3, -0.25) is 9.59 Å². The summed E-state index contributed by atoms with van der Waals surface area (Å²) in [4.78, 5) is 30.2. The van der Waals surface area contributed by atoms with Crippen molar-refractivity contribution in [3.05, 3.63) is 42.4 Å². The monoisotopic (exact) mass is 342 g/mol. The smallest absolute Gasteiger partial charge is 0.310 e. The standard InChI is InChI=1S/C19H22N2O4/c1-13-3-6-16(19(23)24-2)11-21(13)18(22)9-14-4-7-15(8-5-14)17-10-20-12-25-17/h4-5,7-8,10,12-13,16H,3,6,9,11H2,1-2H3/t13-,16+/m0/s1. The van der Waals surface area contributed by atoms with Crippen LogP contribution in [0.1, 0.15) is 25.3 Å². The Bertz CT molecular complexity index is 724. The number of likely N-dealkylation sites (tertiary alicyclic amines) is 1. The molecule has 0 unspecified atom stereocenters. The lowest BCUT2D eigenvalue weighted by atomic mass is 9.93. The summed E-state index contributed by atoms with van der Waals surface area (Å²) in [5, 5.41) is 0. The number of esters is 1. The molecule has 6 heteroatoms. The van der Waals surface area contributed by atoms with E-state index in [1.165, 1.54) is 13.5 Å². The number of rotatable bonds is 4. The topological polar surface area (TPSA) is 72.6 Å². The largest absolute Gasteiger partial charge is 0.469 e. The maximum Gasteiger partial charge on any atom is 0.310 e. The number of oxazole rings is 1. The molecule has 0 saturated carbocycles. The number of methoxy groups -OCH3 is 1. The third-order valence-electron chi connectivity index (χ3n) is 4.76. The Morgan fingerprint density at radius 1 is 1.28 bits per heavy atom. The molecule has 132 valence electrons. The molecule has 1 fully saturated rings. The van der Waals surface area contributed by atoms with Gasteiger partial charge < -0.3 is 14.1 Å². The quantitative estimate of drug-likeness (QED) is 0.799. The van der Waals surface area contributed by atoms with Gasteiger partial charge in [0, 0.05) is 18.2 Å². The Morgan fingerprint density at radius 3 is 2.68 bits per heavy atom. The zero-order chi connectivity index (χ0) is 17.8. The fraction of sp³-hybridized carbons (Fsp3) is 0.421. The Kier molecular flexibility index (Phi) is 5.16. The highest BCUT2D eigenvalue weighted by Crippen LogP contribution is 2.24. The van der Waals surface area contributed by atoms with E-state index in [1.807, 2.05) is 31.2 Å². The Morgan fingerprint density at radius 2 is 2.04 bits per heavy atom. The van der Waals surface area contributed by atoms with E-state index in [-0.39, 0.29) is 23.8 Å². The third kappa shape index (κ3) is 3.90. The molecule has 1 aromatic carbocycles. The lowest BCUT2D eigenvalue weighted by Gasteiger charge is -2.37. The maximum absolute atomic E-state index is 12.7. The van der Waals surface area contributed by atoms with Gasteiger partial charge >= 0.3 is 5.97 Å². The molecule has 2 aromatic rings. The molecule has 3 rings (SSSR count). The molecule has 2 heterocycles. The van der Waals surface area contributed by atoms with Crippen LogP contribution in [-0.2, 0) is 20.7 Å². The fourth-order valence-corrected chi connectivity index (χ4v) is 3.23. The Hall–Kier alpha value is -2.63. The summed E-state index contributed by atoms with van der Waals surface area (Å²) in [5.74, 6) is 0.275. The third-order valence-corrected chi connectivity index (χ3v) is 4.76. The number of hydrogen-bond acceptors (Lipinski definition) is 5. The van der Waals surface area contributed by atoms with Crippen LogP contribution in [0, 0.1) is 5.92 Å². The molecule has 0 N–H and O–H groups in total. The first kappa shape index (κ1) is 17.2. The van der Waals surface area contributed by atoms with Gasteiger partial charge in [-0.2, -0.15) is 0 Å². The second-order valence-electron chi connectivity index (χ2n) is 6.43. The average molecular weight is 342 g/mol. The molecule has 25 heavy (non-hydrogen) atoms. The highest BCUT2D eigenvalue weighted by molar-refractivity contribution is 5.81. The maximum atomic E-state index is 12.7. The van der Waals surface area contributed by atoms with Gasteiger partial charge in [-0.1, -0.05) is 24.3 Å². The summed E-state index contributed by atoms with van der Waals surface area (Å²) >= 11 is 0. The summed E-state index contributed by atoms with van der Waals surface area (Å²) in [6.45, 7) is 2.46. The number of ether oxygens (including phenoxy) is 1. The minimum Gasteiger partial charge on any atom is -0.469 e. The summed E-state index contributed by atoms with van der Waals surface area (Å²) in [7, 11) is 1.39. The van der Waals surface area contributed by atoms with E-state index >= 15 is 0 Å². The lowest BCUT2D eigenvalue weighted by molar-refractivity contribution is -0.150. The summed E-state index contributed by atoms with van der Waals surface area (Å²) in [5.41, 5.74) is 1.85. The number of amides is 1. The molecule has 0 bridgehead atoms. The van der Waals surface area contributed by atoms with Gasteiger partial charge in [0.25, 0.3) is 0 Å². The van der Waals surface area contributed by atoms with Crippen LogP contribution in [0.15, 0.2) is 41.3 Å². The van der Waals surface area contributed by atoms with Crippen molar-refractivity contribution in [2.24, 2.45) is 5.92 Å². The number of piperidine rings is 1. The molecule has 2 atom stereocenters. The minimum absolute atomic E-state index is 0.0357. The summed E-state index contributed by atoms with van der Waals surface area (Å²) in [6.07, 6.45) is 4.94. The van der Waals surface area contributed by atoms with Gasteiger partial charge in [-0.15, -0.1) is 0 Å². The first-order valence-electron chi connectivity index (χ1n) is 8.43. The second kappa shape index (κ2) is 7.51. The van der Waals surface area contributed by atoms with Gasteiger partial charge in [-0.25, -0.2) is 4.98 Å². The van der Waals surface area contributed by atoms with Crippen molar-refractivity contribution in [2.45, 2.75) is 32.2 Å². The van der Waals surface area contributed by atoms with E-state index in [0.717, 1.165) is 24.0 Å². The highest BCUT2D eigenvalue weighted by atomic mass is 16.5. The van der Waals surface area contributed by atoms with E-state index in [4.69, 9.17) is 9.15 Å². The normalized spacial score (nSPS) is 20.3. The van der Waals surface area contributed by atoms with E-state index in [9.17, 15) is 9.59 Å². The van der Waals surface area contributed by atoms with Gasteiger partial charge in [0.15, 0.2) is 12.2 Å². The number of carbonyl (C=O) groups excluding carboxylic acids is 2. The zero-order valence-corrected chi connectivity index (χ0v) is 14.5. The van der Waals surface area contributed by atoms with E-state index in [2.05, 4.69) is 4.98 Å². The second-order valence-corrected chi connectivity index (χ2v) is 6.43. The number of nitrogens with zero attached hydrogens (tertiary/aromatic N) is 2. The van der Waals surface area contributed by atoms with Crippen LogP contribution in [0.4, 0.5) is 0 Å². The van der Waals surface area contributed by atoms with Crippen LogP contribution in [0.25, 0.3) is 11.3 Å². The van der Waals surface area contributed by atoms with E-state index < -0.39 is 0 Å². The molecular formula is C19H22N2O4. The predicted molar refractivity (Wildman–Crippen MR) is 91.6 cm³/mol. The van der Waals surface area contributed by atoms with Gasteiger partial charge in [0.2, 0.25) is 5.91 Å². The van der Waals surface area contributed by atoms with Crippen LogP contribution >= 0.6 is 0 Å². The van der Waals surface area contributed by atoms with Gasteiger partial charge in [0.05, 0.1) is 25.6 Å². The van der Waals surface area contributed by atoms with Crippen LogP contribution in [0.5, 0.6) is 0 Å². The molecule has 0 spiro atoms. The molecule has 1 amide bonds. The Balaban J connectivity index is 1.65.